The quantitative estimate of drug-likeness (QED) is 0.524. The molecule has 0 bridgehead atoms. The highest BCUT2D eigenvalue weighted by Gasteiger charge is 2.20. The molecule has 1 aliphatic heterocycles. The second kappa shape index (κ2) is 2.77. The first-order valence-electron chi connectivity index (χ1n) is 2.86. The van der Waals surface area contributed by atoms with Gasteiger partial charge in [-0.3, -0.25) is 0 Å². The van der Waals surface area contributed by atoms with Crippen molar-refractivity contribution < 1.29 is 9.84 Å². The second-order valence-electron chi connectivity index (χ2n) is 2.03. The molecule has 48 valence electrons. The fraction of sp³-hybridized carbons (Fsp3) is 1.00. The van der Waals surface area contributed by atoms with E-state index < -0.39 is 6.29 Å². The Balaban J connectivity index is 2.22. The maximum absolute atomic E-state index is 8.80. The van der Waals surface area contributed by atoms with Gasteiger partial charge in [-0.05, 0) is 12.6 Å². The summed E-state index contributed by atoms with van der Waals surface area (Å²) in [6.07, 6.45) is 2.55. The van der Waals surface area contributed by atoms with Gasteiger partial charge in [0.05, 0.1) is 6.10 Å². The summed E-state index contributed by atoms with van der Waals surface area (Å²) in [4.78, 5) is 0. The lowest BCUT2D eigenvalue weighted by Crippen LogP contribution is -2.10. The lowest BCUT2D eigenvalue weighted by molar-refractivity contribution is -0.0837. The third-order valence-corrected chi connectivity index (χ3v) is 1.87. The van der Waals surface area contributed by atoms with Gasteiger partial charge >= 0.3 is 0 Å². The summed E-state index contributed by atoms with van der Waals surface area (Å²) >= 11 is 0. The van der Waals surface area contributed by atoms with Crippen LogP contribution in [0, 0.1) is 0 Å². The van der Waals surface area contributed by atoms with Crippen LogP contribution in [-0.4, -0.2) is 23.7 Å². The summed E-state index contributed by atoms with van der Waals surface area (Å²) in [5, 5.41) is 8.80. The highest BCUT2D eigenvalue weighted by atomic mass is 31.0. The minimum atomic E-state index is -0.486. The Morgan fingerprint density at radius 1 is 1.62 bits per heavy atom. The van der Waals surface area contributed by atoms with Crippen molar-refractivity contribution in [1.29, 1.82) is 0 Å². The molecule has 0 saturated carbocycles. The predicted octanol–water partition coefficient (Wildman–Crippen LogP) is 0.359. The molecule has 3 atom stereocenters. The largest absolute Gasteiger partial charge is 0.368 e. The van der Waals surface area contributed by atoms with Crippen LogP contribution in [0.25, 0.3) is 0 Å². The Morgan fingerprint density at radius 2 is 2.38 bits per heavy atom. The first-order chi connectivity index (χ1) is 3.83. The average molecular weight is 134 g/mol. The van der Waals surface area contributed by atoms with E-state index in [0.717, 1.165) is 19.0 Å². The molecule has 0 aromatic heterocycles. The molecular formula is C5H11O2P. The lowest BCUT2D eigenvalue weighted by Gasteiger charge is -2.04. The van der Waals surface area contributed by atoms with Crippen LogP contribution in [0.1, 0.15) is 12.8 Å². The summed E-state index contributed by atoms with van der Waals surface area (Å²) in [6.45, 7) is 0. The van der Waals surface area contributed by atoms with Gasteiger partial charge in [0.1, 0.15) is 0 Å². The zero-order chi connectivity index (χ0) is 5.98. The molecule has 1 rings (SSSR count). The molecule has 1 fully saturated rings. The van der Waals surface area contributed by atoms with Crippen molar-refractivity contribution in [3.63, 3.8) is 0 Å². The predicted molar refractivity (Wildman–Crippen MR) is 34.7 cm³/mol. The van der Waals surface area contributed by atoms with E-state index in [0.29, 0.717) is 0 Å². The number of hydrogen-bond donors (Lipinski definition) is 1. The van der Waals surface area contributed by atoms with Gasteiger partial charge in [0.2, 0.25) is 0 Å². The molecule has 1 heterocycles. The molecule has 0 amide bonds. The fourth-order valence-corrected chi connectivity index (χ4v) is 1.21. The SMILES string of the molecule is OC1CC[C@@H](CP)O1. The van der Waals surface area contributed by atoms with Gasteiger partial charge in [-0.15, -0.1) is 9.24 Å². The van der Waals surface area contributed by atoms with E-state index in [1.807, 2.05) is 0 Å². The van der Waals surface area contributed by atoms with Crippen LogP contribution >= 0.6 is 9.24 Å². The van der Waals surface area contributed by atoms with Crippen LogP contribution < -0.4 is 0 Å². The van der Waals surface area contributed by atoms with Gasteiger partial charge < -0.3 is 9.84 Å². The van der Waals surface area contributed by atoms with E-state index in [-0.39, 0.29) is 6.10 Å². The van der Waals surface area contributed by atoms with E-state index >= 15 is 0 Å². The Bertz CT molecular complexity index is 76.8. The summed E-state index contributed by atoms with van der Waals surface area (Å²) in [7, 11) is 2.60. The molecule has 2 unspecified atom stereocenters. The highest BCUT2D eigenvalue weighted by molar-refractivity contribution is 7.16. The van der Waals surface area contributed by atoms with Crippen molar-refractivity contribution in [1.82, 2.24) is 0 Å². The van der Waals surface area contributed by atoms with E-state index in [2.05, 4.69) is 9.24 Å². The van der Waals surface area contributed by atoms with Crippen LogP contribution in [-0.2, 0) is 4.74 Å². The maximum atomic E-state index is 8.80. The zero-order valence-corrected chi connectivity index (χ0v) is 5.86. The van der Waals surface area contributed by atoms with Crippen LogP contribution in [0.2, 0.25) is 0 Å². The van der Waals surface area contributed by atoms with E-state index in [1.165, 1.54) is 0 Å². The Hall–Kier alpha value is 0.350. The Morgan fingerprint density at radius 3 is 2.62 bits per heavy atom. The molecule has 0 radical (unpaired) electrons. The monoisotopic (exact) mass is 134 g/mol. The third-order valence-electron chi connectivity index (χ3n) is 1.35. The van der Waals surface area contributed by atoms with Crippen LogP contribution in [0.5, 0.6) is 0 Å². The number of aliphatic hydroxyl groups is 1. The maximum Gasteiger partial charge on any atom is 0.155 e. The fourth-order valence-electron chi connectivity index (χ4n) is 0.860. The van der Waals surface area contributed by atoms with Crippen LogP contribution in [0.3, 0.4) is 0 Å². The molecule has 2 nitrogen and oxygen atoms in total. The van der Waals surface area contributed by atoms with Crippen molar-refractivity contribution in [2.24, 2.45) is 0 Å². The van der Waals surface area contributed by atoms with E-state index in [4.69, 9.17) is 9.84 Å². The highest BCUT2D eigenvalue weighted by Crippen LogP contribution is 2.18. The van der Waals surface area contributed by atoms with Gasteiger partial charge in [-0.2, -0.15) is 0 Å². The number of hydrogen-bond acceptors (Lipinski definition) is 2. The molecule has 0 aliphatic carbocycles. The summed E-state index contributed by atoms with van der Waals surface area (Å²) < 4.78 is 5.05. The number of aliphatic hydroxyl groups excluding tert-OH is 1. The first kappa shape index (κ1) is 6.47. The number of rotatable bonds is 1. The van der Waals surface area contributed by atoms with Gasteiger partial charge in [0.15, 0.2) is 6.29 Å². The average Bonchev–Trinajstić information content (AvgIpc) is 2.14. The lowest BCUT2D eigenvalue weighted by atomic mass is 10.3. The van der Waals surface area contributed by atoms with Crippen molar-refractivity contribution in [2.45, 2.75) is 25.2 Å². The minimum Gasteiger partial charge on any atom is -0.368 e. The van der Waals surface area contributed by atoms with Crippen LogP contribution in [0.4, 0.5) is 0 Å². The van der Waals surface area contributed by atoms with E-state index in [1.54, 1.807) is 0 Å². The van der Waals surface area contributed by atoms with Crippen molar-refractivity contribution in [3.8, 4) is 0 Å². The van der Waals surface area contributed by atoms with Crippen molar-refractivity contribution in [3.05, 3.63) is 0 Å². The third kappa shape index (κ3) is 1.41. The molecule has 1 N–H and O–H groups in total. The van der Waals surface area contributed by atoms with Gasteiger partial charge in [-0.1, -0.05) is 0 Å². The summed E-state index contributed by atoms with van der Waals surface area (Å²) in [6, 6.07) is 0. The second-order valence-corrected chi connectivity index (χ2v) is 2.50. The number of ether oxygens (including phenoxy) is 1. The molecule has 8 heavy (non-hydrogen) atoms. The minimum absolute atomic E-state index is 0.287. The van der Waals surface area contributed by atoms with Gasteiger partial charge in [0.25, 0.3) is 0 Å². The smallest absolute Gasteiger partial charge is 0.155 e. The molecule has 3 heteroatoms. The zero-order valence-electron chi connectivity index (χ0n) is 4.71. The Labute approximate surface area is 51.4 Å². The van der Waals surface area contributed by atoms with Gasteiger partial charge in [0, 0.05) is 6.42 Å². The summed E-state index contributed by atoms with van der Waals surface area (Å²) in [5.74, 6) is 0. The molecule has 0 aromatic rings. The molecule has 1 saturated heterocycles. The van der Waals surface area contributed by atoms with Crippen molar-refractivity contribution in [2.75, 3.05) is 6.16 Å². The normalized spacial score (nSPS) is 38.2. The standard InChI is InChI=1S/C5H11O2P/c6-5-2-1-4(3-8)7-5/h4-6H,1-3,8H2/t4-,5?/m0/s1. The molecule has 1 aliphatic rings. The topological polar surface area (TPSA) is 29.5 Å². The Kier molecular flexibility index (Phi) is 2.24. The van der Waals surface area contributed by atoms with Crippen molar-refractivity contribution >= 4 is 9.24 Å². The molecular weight excluding hydrogens is 123 g/mol. The van der Waals surface area contributed by atoms with Crippen LogP contribution in [0.15, 0.2) is 0 Å². The first-order valence-corrected chi connectivity index (χ1v) is 3.68. The molecule has 0 aromatic carbocycles. The van der Waals surface area contributed by atoms with E-state index in [9.17, 15) is 0 Å². The van der Waals surface area contributed by atoms with Gasteiger partial charge in [-0.25, -0.2) is 0 Å². The molecule has 0 spiro atoms. The summed E-state index contributed by atoms with van der Waals surface area (Å²) in [5.41, 5.74) is 0.